The zero-order valence-electron chi connectivity index (χ0n) is 16.3. The van der Waals surface area contributed by atoms with Crippen LogP contribution in [0.5, 0.6) is 11.5 Å². The van der Waals surface area contributed by atoms with E-state index >= 15 is 0 Å². The zero-order valence-corrected chi connectivity index (χ0v) is 17.9. The van der Waals surface area contributed by atoms with Crippen LogP contribution in [0.15, 0.2) is 24.3 Å². The molecule has 0 saturated carbocycles. The van der Waals surface area contributed by atoms with Gasteiger partial charge in [0.1, 0.15) is 6.61 Å². The number of hydrogen-bond donors (Lipinski definition) is 0. The number of piperidine rings is 1. The van der Waals surface area contributed by atoms with Gasteiger partial charge in [0.25, 0.3) is 0 Å². The Morgan fingerprint density at radius 1 is 1.21 bits per heavy atom. The molecular weight excluding hydrogens is 414 g/mol. The van der Waals surface area contributed by atoms with Gasteiger partial charge < -0.3 is 9.47 Å². The quantitative estimate of drug-likeness (QED) is 0.559. The maximum atomic E-state index is 11.9. The summed E-state index contributed by atoms with van der Waals surface area (Å²) < 4.78 is 38.5. The fourth-order valence-electron chi connectivity index (χ4n) is 3.42. The first-order chi connectivity index (χ1) is 14.0. The van der Waals surface area contributed by atoms with E-state index in [0.29, 0.717) is 42.0 Å². The molecule has 29 heavy (non-hydrogen) atoms. The summed E-state index contributed by atoms with van der Waals surface area (Å²) >= 11 is 1.41. The predicted octanol–water partition coefficient (Wildman–Crippen LogP) is 2.30. The third kappa shape index (κ3) is 4.36. The zero-order chi connectivity index (χ0) is 20.4. The summed E-state index contributed by atoms with van der Waals surface area (Å²) in [7, 11) is -3.22. The molecule has 1 aliphatic rings. The summed E-state index contributed by atoms with van der Waals surface area (Å²) in [5, 5.41) is 13.9. The van der Waals surface area contributed by atoms with Gasteiger partial charge in [-0.2, -0.15) is 9.61 Å². The number of sulfonamides is 1. The third-order valence-corrected chi connectivity index (χ3v) is 6.92. The molecule has 0 spiro atoms. The molecule has 1 atom stereocenters. The second-order valence-electron chi connectivity index (χ2n) is 6.88. The van der Waals surface area contributed by atoms with Gasteiger partial charge in [0, 0.05) is 19.0 Å². The fourth-order valence-corrected chi connectivity index (χ4v) is 5.09. The van der Waals surface area contributed by atoms with Crippen LogP contribution in [0, 0.1) is 0 Å². The second kappa shape index (κ2) is 8.25. The predicted molar refractivity (Wildman–Crippen MR) is 109 cm³/mol. The average molecular weight is 438 g/mol. The maximum absolute atomic E-state index is 11.9. The lowest BCUT2D eigenvalue weighted by Gasteiger charge is -2.29. The number of benzene rings is 1. The standard InChI is InChI=1S/C18H23N5O4S2/c1-3-26-14-8-4-5-9-15(14)27-12-16-21-23-17(19-20-18(23)28-16)13-7-6-10-22(11-13)29(2,24)25/h4-5,8-9,13H,3,6-7,10-12H2,1-2H3. The maximum Gasteiger partial charge on any atom is 0.234 e. The molecule has 9 nitrogen and oxygen atoms in total. The average Bonchev–Trinajstić information content (AvgIpc) is 3.27. The summed E-state index contributed by atoms with van der Waals surface area (Å²) in [4.78, 5) is 0.674. The van der Waals surface area contributed by atoms with E-state index in [1.54, 1.807) is 4.52 Å². The third-order valence-electron chi connectivity index (χ3n) is 4.78. The Kier molecular flexibility index (Phi) is 5.70. The van der Waals surface area contributed by atoms with Crippen molar-refractivity contribution in [2.45, 2.75) is 32.3 Å². The lowest BCUT2D eigenvalue weighted by atomic mass is 9.99. The molecule has 1 fully saturated rings. The lowest BCUT2D eigenvalue weighted by molar-refractivity contribution is 0.268. The molecule has 0 bridgehead atoms. The molecule has 3 aromatic rings. The topological polar surface area (TPSA) is 98.9 Å². The van der Waals surface area contributed by atoms with Crippen molar-refractivity contribution >= 4 is 26.3 Å². The minimum absolute atomic E-state index is 0.0250. The molecule has 1 unspecified atom stereocenters. The summed E-state index contributed by atoms with van der Waals surface area (Å²) in [6.45, 7) is 3.73. The molecule has 0 radical (unpaired) electrons. The largest absolute Gasteiger partial charge is 0.490 e. The molecule has 156 valence electrons. The molecule has 1 aromatic carbocycles. The van der Waals surface area contributed by atoms with Crippen LogP contribution >= 0.6 is 11.3 Å². The van der Waals surface area contributed by atoms with E-state index in [4.69, 9.17) is 9.47 Å². The van der Waals surface area contributed by atoms with Crippen LogP contribution in [-0.4, -0.2) is 58.5 Å². The number of rotatable bonds is 7. The van der Waals surface area contributed by atoms with E-state index in [1.807, 2.05) is 31.2 Å². The summed E-state index contributed by atoms with van der Waals surface area (Å²) in [5.74, 6) is 2.03. The normalized spacial score (nSPS) is 18.2. The minimum atomic E-state index is -3.22. The Labute approximate surface area is 173 Å². The summed E-state index contributed by atoms with van der Waals surface area (Å²) in [5.41, 5.74) is 0. The molecule has 0 aliphatic carbocycles. The van der Waals surface area contributed by atoms with Crippen molar-refractivity contribution in [1.82, 2.24) is 24.1 Å². The first-order valence-corrected chi connectivity index (χ1v) is 12.1. The smallest absolute Gasteiger partial charge is 0.234 e. The molecule has 0 amide bonds. The number of nitrogens with zero attached hydrogens (tertiary/aromatic N) is 5. The van der Waals surface area contributed by atoms with Crippen LogP contribution in [0.25, 0.3) is 4.96 Å². The van der Waals surface area contributed by atoms with Gasteiger partial charge in [0.15, 0.2) is 22.3 Å². The van der Waals surface area contributed by atoms with Crippen LogP contribution in [-0.2, 0) is 16.6 Å². The highest BCUT2D eigenvalue weighted by molar-refractivity contribution is 7.88. The van der Waals surface area contributed by atoms with E-state index in [-0.39, 0.29) is 12.5 Å². The Bertz CT molecular complexity index is 1090. The SMILES string of the molecule is CCOc1ccccc1OCc1nn2c(C3CCCN(S(C)(=O)=O)C3)nnc2s1. The highest BCUT2D eigenvalue weighted by Crippen LogP contribution is 2.30. The molecule has 0 N–H and O–H groups in total. The highest BCUT2D eigenvalue weighted by atomic mass is 32.2. The van der Waals surface area contributed by atoms with Crippen molar-refractivity contribution in [2.75, 3.05) is 26.0 Å². The second-order valence-corrected chi connectivity index (χ2v) is 9.90. The number of para-hydroxylation sites is 2. The Morgan fingerprint density at radius 2 is 1.97 bits per heavy atom. The van der Waals surface area contributed by atoms with Crippen molar-refractivity contribution < 1.29 is 17.9 Å². The van der Waals surface area contributed by atoms with Gasteiger partial charge in [0.2, 0.25) is 15.0 Å². The van der Waals surface area contributed by atoms with E-state index < -0.39 is 10.0 Å². The van der Waals surface area contributed by atoms with Crippen molar-refractivity contribution in [3.63, 3.8) is 0 Å². The van der Waals surface area contributed by atoms with Crippen LogP contribution in [0.3, 0.4) is 0 Å². The van der Waals surface area contributed by atoms with E-state index in [9.17, 15) is 8.42 Å². The van der Waals surface area contributed by atoms with E-state index in [0.717, 1.165) is 17.8 Å². The lowest BCUT2D eigenvalue weighted by Crippen LogP contribution is -2.38. The number of ether oxygens (including phenoxy) is 2. The van der Waals surface area contributed by atoms with Crippen LogP contribution in [0.2, 0.25) is 0 Å². The molecule has 1 aliphatic heterocycles. The molecular formula is C18H23N5O4S2. The van der Waals surface area contributed by atoms with Gasteiger partial charge in [-0.05, 0) is 31.9 Å². The molecule has 2 aromatic heterocycles. The number of hydrogen-bond acceptors (Lipinski definition) is 8. The first kappa shape index (κ1) is 20.0. The number of fused-ring (bicyclic) bond motifs is 1. The van der Waals surface area contributed by atoms with Gasteiger partial charge in [-0.1, -0.05) is 23.5 Å². The number of aromatic nitrogens is 4. The Balaban J connectivity index is 1.51. The van der Waals surface area contributed by atoms with Gasteiger partial charge in [-0.25, -0.2) is 12.7 Å². The van der Waals surface area contributed by atoms with Crippen molar-refractivity contribution in [1.29, 1.82) is 0 Å². The molecule has 1 saturated heterocycles. The molecule has 3 heterocycles. The minimum Gasteiger partial charge on any atom is -0.490 e. The van der Waals surface area contributed by atoms with Crippen LogP contribution in [0.1, 0.15) is 36.5 Å². The summed E-state index contributed by atoms with van der Waals surface area (Å²) in [6, 6.07) is 7.52. The van der Waals surface area contributed by atoms with Crippen LogP contribution < -0.4 is 9.47 Å². The fraction of sp³-hybridized carbons (Fsp3) is 0.500. The van der Waals surface area contributed by atoms with Crippen molar-refractivity contribution in [2.24, 2.45) is 0 Å². The van der Waals surface area contributed by atoms with E-state index in [2.05, 4.69) is 15.3 Å². The highest BCUT2D eigenvalue weighted by Gasteiger charge is 2.30. The van der Waals surface area contributed by atoms with Gasteiger partial charge >= 0.3 is 0 Å². The van der Waals surface area contributed by atoms with Gasteiger partial charge in [-0.15, -0.1) is 10.2 Å². The van der Waals surface area contributed by atoms with Crippen molar-refractivity contribution in [3.8, 4) is 11.5 Å². The monoisotopic (exact) mass is 437 g/mol. The van der Waals surface area contributed by atoms with Gasteiger partial charge in [0.05, 0.1) is 12.9 Å². The Hall–Kier alpha value is -2.24. The van der Waals surface area contributed by atoms with Crippen molar-refractivity contribution in [3.05, 3.63) is 35.1 Å². The first-order valence-electron chi connectivity index (χ1n) is 9.46. The molecule has 11 heteroatoms. The Morgan fingerprint density at radius 3 is 2.69 bits per heavy atom. The van der Waals surface area contributed by atoms with E-state index in [1.165, 1.54) is 21.9 Å². The summed E-state index contributed by atoms with van der Waals surface area (Å²) in [6.07, 6.45) is 2.89. The molecule has 4 rings (SSSR count). The van der Waals surface area contributed by atoms with Crippen LogP contribution in [0.4, 0.5) is 0 Å². The van der Waals surface area contributed by atoms with Gasteiger partial charge in [-0.3, -0.25) is 0 Å².